The molecule has 106 valence electrons. The topological polar surface area (TPSA) is 93.0 Å². The molecule has 1 aromatic rings. The van der Waals surface area contributed by atoms with Crippen LogP contribution in [-0.2, 0) is 0 Å². The number of nitrogens with one attached hydrogen (secondary N) is 2. The predicted molar refractivity (Wildman–Crippen MR) is 75.4 cm³/mol. The second-order valence-corrected chi connectivity index (χ2v) is 4.68. The SMILES string of the molecule is CCNc1ncc([N+](=O)[O-])c(NCCCC(C)C)n1. The molecule has 0 aliphatic rings. The van der Waals surface area contributed by atoms with Crippen molar-refractivity contribution >= 4 is 17.5 Å². The standard InChI is InChI=1S/C12H21N5O2/c1-4-13-12-15-8-10(17(18)19)11(16-12)14-7-5-6-9(2)3/h8-9H,4-7H2,1-3H3,(H2,13,14,15,16). The first kappa shape index (κ1) is 15.1. The van der Waals surface area contributed by atoms with Crippen LogP contribution in [0.2, 0.25) is 0 Å². The van der Waals surface area contributed by atoms with Crippen molar-refractivity contribution in [2.24, 2.45) is 5.92 Å². The molecule has 0 amide bonds. The third kappa shape index (κ3) is 5.07. The smallest absolute Gasteiger partial charge is 0.329 e. The molecule has 0 atom stereocenters. The Morgan fingerprint density at radius 1 is 1.42 bits per heavy atom. The predicted octanol–water partition coefficient (Wildman–Crippen LogP) is 2.66. The zero-order chi connectivity index (χ0) is 14.3. The van der Waals surface area contributed by atoms with Crippen LogP contribution in [0.4, 0.5) is 17.5 Å². The minimum Gasteiger partial charge on any atom is -0.364 e. The molecule has 1 heterocycles. The fraction of sp³-hybridized carbons (Fsp3) is 0.667. The molecule has 0 saturated carbocycles. The summed E-state index contributed by atoms with van der Waals surface area (Å²) in [6, 6.07) is 0. The summed E-state index contributed by atoms with van der Waals surface area (Å²) < 4.78 is 0. The van der Waals surface area contributed by atoms with Crippen LogP contribution in [0.3, 0.4) is 0 Å². The Kier molecular flexibility index (Phi) is 5.98. The van der Waals surface area contributed by atoms with E-state index in [9.17, 15) is 10.1 Å². The first-order valence-electron chi connectivity index (χ1n) is 6.53. The molecule has 2 N–H and O–H groups in total. The molecule has 0 aliphatic carbocycles. The van der Waals surface area contributed by atoms with Gasteiger partial charge in [-0.25, -0.2) is 4.98 Å². The molecule has 7 heteroatoms. The Bertz CT molecular complexity index is 423. The minimum atomic E-state index is -0.472. The van der Waals surface area contributed by atoms with Crippen molar-refractivity contribution in [2.45, 2.75) is 33.6 Å². The third-order valence-electron chi connectivity index (χ3n) is 2.55. The van der Waals surface area contributed by atoms with Crippen LogP contribution < -0.4 is 10.6 Å². The van der Waals surface area contributed by atoms with Crippen LogP contribution in [0, 0.1) is 16.0 Å². The molecule has 1 rings (SSSR count). The number of aromatic nitrogens is 2. The van der Waals surface area contributed by atoms with E-state index in [2.05, 4.69) is 34.4 Å². The first-order chi connectivity index (χ1) is 9.04. The highest BCUT2D eigenvalue weighted by Crippen LogP contribution is 2.22. The van der Waals surface area contributed by atoms with Crippen LogP contribution in [-0.4, -0.2) is 28.0 Å². The minimum absolute atomic E-state index is 0.0915. The van der Waals surface area contributed by atoms with Crippen molar-refractivity contribution < 1.29 is 4.92 Å². The van der Waals surface area contributed by atoms with Gasteiger partial charge in [0.1, 0.15) is 6.20 Å². The van der Waals surface area contributed by atoms with Gasteiger partial charge in [0, 0.05) is 13.1 Å². The average Bonchev–Trinajstić information content (AvgIpc) is 2.34. The molecule has 19 heavy (non-hydrogen) atoms. The van der Waals surface area contributed by atoms with E-state index in [1.807, 2.05) is 6.92 Å². The van der Waals surface area contributed by atoms with Crippen molar-refractivity contribution in [1.29, 1.82) is 0 Å². The summed E-state index contributed by atoms with van der Waals surface area (Å²) in [5.41, 5.74) is -0.0915. The second-order valence-electron chi connectivity index (χ2n) is 4.68. The normalized spacial score (nSPS) is 10.5. The van der Waals surface area contributed by atoms with Gasteiger partial charge >= 0.3 is 5.69 Å². The molecule has 0 saturated heterocycles. The highest BCUT2D eigenvalue weighted by Gasteiger charge is 2.16. The summed E-state index contributed by atoms with van der Waals surface area (Å²) in [6.45, 7) is 7.56. The Morgan fingerprint density at radius 2 is 2.16 bits per heavy atom. The van der Waals surface area contributed by atoms with Gasteiger partial charge in [0.2, 0.25) is 11.8 Å². The first-order valence-corrected chi connectivity index (χ1v) is 6.53. The van der Waals surface area contributed by atoms with Crippen molar-refractivity contribution in [3.63, 3.8) is 0 Å². The van der Waals surface area contributed by atoms with Crippen LogP contribution in [0.5, 0.6) is 0 Å². The highest BCUT2D eigenvalue weighted by molar-refractivity contribution is 5.56. The van der Waals surface area contributed by atoms with Crippen molar-refractivity contribution in [3.8, 4) is 0 Å². The van der Waals surface area contributed by atoms with Gasteiger partial charge < -0.3 is 10.6 Å². The summed E-state index contributed by atoms with van der Waals surface area (Å²) in [4.78, 5) is 18.5. The van der Waals surface area contributed by atoms with Crippen LogP contribution in [0.15, 0.2) is 6.20 Å². The van der Waals surface area contributed by atoms with E-state index in [-0.39, 0.29) is 11.5 Å². The van der Waals surface area contributed by atoms with Gasteiger partial charge in [-0.15, -0.1) is 0 Å². The summed E-state index contributed by atoms with van der Waals surface area (Å²) in [6.07, 6.45) is 3.26. The molecule has 0 fully saturated rings. The molecule has 0 aromatic carbocycles. The van der Waals surface area contributed by atoms with Gasteiger partial charge in [-0.05, 0) is 25.7 Å². The van der Waals surface area contributed by atoms with E-state index < -0.39 is 4.92 Å². The van der Waals surface area contributed by atoms with E-state index >= 15 is 0 Å². The summed E-state index contributed by atoms with van der Waals surface area (Å²) in [7, 11) is 0. The monoisotopic (exact) mass is 267 g/mol. The van der Waals surface area contributed by atoms with Gasteiger partial charge in [-0.1, -0.05) is 13.8 Å². The fourth-order valence-electron chi connectivity index (χ4n) is 1.60. The number of hydrogen-bond donors (Lipinski definition) is 2. The Labute approximate surface area is 113 Å². The fourth-order valence-corrected chi connectivity index (χ4v) is 1.60. The zero-order valence-corrected chi connectivity index (χ0v) is 11.6. The molecule has 0 spiro atoms. The van der Waals surface area contributed by atoms with Crippen molar-refractivity contribution in [1.82, 2.24) is 9.97 Å². The molecule has 7 nitrogen and oxygen atoms in total. The maximum atomic E-state index is 10.9. The lowest BCUT2D eigenvalue weighted by atomic mass is 10.1. The van der Waals surface area contributed by atoms with Crippen LogP contribution in [0.25, 0.3) is 0 Å². The van der Waals surface area contributed by atoms with E-state index in [0.29, 0.717) is 25.0 Å². The lowest BCUT2D eigenvalue weighted by molar-refractivity contribution is -0.384. The number of nitro groups is 1. The maximum absolute atomic E-state index is 10.9. The van der Waals surface area contributed by atoms with Gasteiger partial charge in [0.25, 0.3) is 0 Å². The van der Waals surface area contributed by atoms with Gasteiger partial charge in [-0.3, -0.25) is 10.1 Å². The maximum Gasteiger partial charge on any atom is 0.329 e. The molecular formula is C12H21N5O2. The molecule has 0 unspecified atom stereocenters. The zero-order valence-electron chi connectivity index (χ0n) is 11.6. The van der Waals surface area contributed by atoms with Crippen molar-refractivity contribution in [3.05, 3.63) is 16.3 Å². The molecule has 0 bridgehead atoms. The van der Waals surface area contributed by atoms with Gasteiger partial charge in [0.05, 0.1) is 4.92 Å². The summed E-state index contributed by atoms with van der Waals surface area (Å²) in [5, 5.41) is 16.9. The molecule has 0 aliphatic heterocycles. The molecule has 0 radical (unpaired) electrons. The largest absolute Gasteiger partial charge is 0.364 e. The number of rotatable bonds is 8. The van der Waals surface area contributed by atoms with Gasteiger partial charge in [0.15, 0.2) is 0 Å². The van der Waals surface area contributed by atoms with E-state index in [1.54, 1.807) is 0 Å². The lowest BCUT2D eigenvalue weighted by Crippen LogP contribution is -2.10. The average molecular weight is 267 g/mol. The Morgan fingerprint density at radius 3 is 2.74 bits per heavy atom. The van der Waals surface area contributed by atoms with E-state index in [4.69, 9.17) is 0 Å². The van der Waals surface area contributed by atoms with E-state index in [1.165, 1.54) is 6.20 Å². The Balaban J connectivity index is 2.71. The molecule has 1 aromatic heterocycles. The van der Waals surface area contributed by atoms with Crippen molar-refractivity contribution in [2.75, 3.05) is 23.7 Å². The number of anilines is 2. The van der Waals surface area contributed by atoms with Gasteiger partial charge in [-0.2, -0.15) is 4.98 Å². The quantitative estimate of drug-likeness (QED) is 0.427. The summed E-state index contributed by atoms with van der Waals surface area (Å²) in [5.74, 6) is 1.30. The lowest BCUT2D eigenvalue weighted by Gasteiger charge is -2.09. The highest BCUT2D eigenvalue weighted by atomic mass is 16.6. The number of nitrogens with zero attached hydrogens (tertiary/aromatic N) is 3. The second kappa shape index (κ2) is 7.50. The summed E-state index contributed by atoms with van der Waals surface area (Å²) >= 11 is 0. The van der Waals surface area contributed by atoms with E-state index in [0.717, 1.165) is 12.8 Å². The Hall–Kier alpha value is -1.92. The number of hydrogen-bond acceptors (Lipinski definition) is 6. The van der Waals surface area contributed by atoms with Crippen LogP contribution >= 0.6 is 0 Å². The van der Waals surface area contributed by atoms with Crippen LogP contribution in [0.1, 0.15) is 33.6 Å². The third-order valence-corrected chi connectivity index (χ3v) is 2.55. The molecular weight excluding hydrogens is 246 g/mol.